The van der Waals surface area contributed by atoms with Gasteiger partial charge in [0.25, 0.3) is 0 Å². The van der Waals surface area contributed by atoms with E-state index < -0.39 is 0 Å². The first-order chi connectivity index (χ1) is 13.1. The second-order valence-corrected chi connectivity index (χ2v) is 6.38. The van der Waals surface area contributed by atoms with E-state index in [4.69, 9.17) is 0 Å². The maximum Gasteiger partial charge on any atom is 2.00 e. The van der Waals surface area contributed by atoms with Gasteiger partial charge in [-0.2, -0.15) is 0 Å². The van der Waals surface area contributed by atoms with Crippen LogP contribution in [0.1, 0.15) is 37.8 Å². The largest absolute Gasteiger partial charge is 2.00 e. The Morgan fingerprint density at radius 1 is 0.750 bits per heavy atom. The number of nitrogens with one attached hydrogen (secondary N) is 1. The van der Waals surface area contributed by atoms with Crippen molar-refractivity contribution in [2.75, 3.05) is 26.2 Å². The molecule has 1 radical (unpaired) electrons. The smallest absolute Gasteiger partial charge is 0.872 e. The summed E-state index contributed by atoms with van der Waals surface area (Å²) in [6.45, 7) is 6.91. The summed E-state index contributed by atoms with van der Waals surface area (Å²) in [5.74, 6) is 0.0413. The van der Waals surface area contributed by atoms with Crippen molar-refractivity contribution in [2.24, 2.45) is 9.98 Å². The maximum absolute atomic E-state index is 11.7. The Labute approximate surface area is 178 Å². The van der Waals surface area contributed by atoms with Crippen LogP contribution in [0, 0.1) is 0 Å². The number of para-hydroxylation sites is 2. The molecule has 28 heavy (non-hydrogen) atoms. The molecule has 0 heterocycles. The molecular formula is C22H27CuN3O2. The summed E-state index contributed by atoms with van der Waals surface area (Å²) in [4.78, 5) is 8.96. The summed E-state index contributed by atoms with van der Waals surface area (Å²) in [6, 6.07) is 14.0. The van der Waals surface area contributed by atoms with E-state index in [0.717, 1.165) is 37.4 Å². The normalized spacial score (nSPS) is 11.9. The number of aliphatic imine (C=N–C) groups is 2. The van der Waals surface area contributed by atoms with Gasteiger partial charge in [0.05, 0.1) is 0 Å². The molecule has 0 amide bonds. The van der Waals surface area contributed by atoms with E-state index in [9.17, 15) is 10.2 Å². The summed E-state index contributed by atoms with van der Waals surface area (Å²) in [5.41, 5.74) is 2.95. The van der Waals surface area contributed by atoms with E-state index in [1.807, 2.05) is 38.1 Å². The van der Waals surface area contributed by atoms with Crippen molar-refractivity contribution in [3.8, 4) is 11.5 Å². The molecular weight excluding hydrogens is 402 g/mol. The van der Waals surface area contributed by atoms with Crippen molar-refractivity contribution in [3.05, 3.63) is 59.7 Å². The van der Waals surface area contributed by atoms with Crippen molar-refractivity contribution < 1.29 is 27.3 Å². The van der Waals surface area contributed by atoms with E-state index in [1.54, 1.807) is 24.3 Å². The molecule has 0 aromatic heterocycles. The zero-order valence-electron chi connectivity index (χ0n) is 16.4. The summed E-state index contributed by atoms with van der Waals surface area (Å²) >= 11 is 0. The Morgan fingerprint density at radius 2 is 1.14 bits per heavy atom. The van der Waals surface area contributed by atoms with Gasteiger partial charge in [0.15, 0.2) is 0 Å². The summed E-state index contributed by atoms with van der Waals surface area (Å²) in [5, 5.41) is 26.8. The number of benzene rings is 2. The Hall–Kier alpha value is -2.14. The summed E-state index contributed by atoms with van der Waals surface area (Å²) < 4.78 is 0. The fraction of sp³-hybridized carbons (Fsp3) is 0.364. The first-order valence-electron chi connectivity index (χ1n) is 9.35. The van der Waals surface area contributed by atoms with Gasteiger partial charge < -0.3 is 15.5 Å². The molecule has 153 valence electrons. The molecule has 0 fully saturated rings. The van der Waals surface area contributed by atoms with Crippen molar-refractivity contribution in [1.82, 2.24) is 5.32 Å². The third-order valence-corrected chi connectivity index (χ3v) is 4.27. The van der Waals surface area contributed by atoms with Gasteiger partial charge in [-0.15, -0.1) is 0 Å². The van der Waals surface area contributed by atoms with E-state index in [0.29, 0.717) is 24.2 Å². The van der Waals surface area contributed by atoms with Gasteiger partial charge in [0, 0.05) is 24.5 Å². The minimum Gasteiger partial charge on any atom is -0.872 e. The molecule has 0 atom stereocenters. The number of hydrogen-bond donors (Lipinski definition) is 1. The van der Waals surface area contributed by atoms with Gasteiger partial charge >= 0.3 is 17.1 Å². The van der Waals surface area contributed by atoms with Crippen molar-refractivity contribution >= 4 is 11.4 Å². The van der Waals surface area contributed by atoms with Gasteiger partial charge in [-0.25, -0.2) is 0 Å². The molecule has 2 aromatic carbocycles. The van der Waals surface area contributed by atoms with E-state index in [1.165, 1.54) is 0 Å². The SMILES string of the molecule is CC(=NCCCNCCCN=C(C)c1ccccc1[O-])c1ccccc1[O-].[Cu+2]. The van der Waals surface area contributed by atoms with E-state index in [-0.39, 0.29) is 28.6 Å². The van der Waals surface area contributed by atoms with Crippen LogP contribution in [0.5, 0.6) is 11.5 Å². The van der Waals surface area contributed by atoms with Crippen molar-refractivity contribution in [3.63, 3.8) is 0 Å². The number of rotatable bonds is 10. The zero-order chi connectivity index (χ0) is 19.5. The Morgan fingerprint density at radius 3 is 1.54 bits per heavy atom. The zero-order valence-corrected chi connectivity index (χ0v) is 17.3. The average molecular weight is 429 g/mol. The van der Waals surface area contributed by atoms with Gasteiger partial charge in [-0.05, 0) is 50.9 Å². The van der Waals surface area contributed by atoms with Crippen LogP contribution in [0.4, 0.5) is 0 Å². The van der Waals surface area contributed by atoms with Gasteiger partial charge in [-0.1, -0.05) is 60.0 Å². The van der Waals surface area contributed by atoms with Crippen LogP contribution in [-0.2, 0) is 17.1 Å². The van der Waals surface area contributed by atoms with Gasteiger partial charge in [0.1, 0.15) is 0 Å². The summed E-state index contributed by atoms with van der Waals surface area (Å²) in [6.07, 6.45) is 1.84. The molecule has 2 rings (SSSR count). The molecule has 0 bridgehead atoms. The minimum absolute atomic E-state index is 0. The molecule has 0 saturated heterocycles. The second-order valence-electron chi connectivity index (χ2n) is 6.38. The van der Waals surface area contributed by atoms with Crippen LogP contribution < -0.4 is 15.5 Å². The minimum atomic E-state index is 0. The average Bonchev–Trinajstić information content (AvgIpc) is 2.67. The Bertz CT molecular complexity index is 725. The third-order valence-electron chi connectivity index (χ3n) is 4.27. The van der Waals surface area contributed by atoms with Crippen LogP contribution in [0.25, 0.3) is 0 Å². The number of nitrogens with zero attached hydrogens (tertiary/aromatic N) is 2. The monoisotopic (exact) mass is 428 g/mol. The molecule has 0 aliphatic rings. The number of hydrogen-bond acceptors (Lipinski definition) is 5. The van der Waals surface area contributed by atoms with E-state index >= 15 is 0 Å². The molecule has 2 aromatic rings. The van der Waals surface area contributed by atoms with Crippen LogP contribution in [0.15, 0.2) is 58.5 Å². The summed E-state index contributed by atoms with van der Waals surface area (Å²) in [7, 11) is 0. The van der Waals surface area contributed by atoms with Gasteiger partial charge in [-0.3, -0.25) is 9.98 Å². The molecule has 0 spiro atoms. The Balaban J connectivity index is 0.00000392. The van der Waals surface area contributed by atoms with Crippen LogP contribution in [0.3, 0.4) is 0 Å². The molecule has 5 nitrogen and oxygen atoms in total. The van der Waals surface area contributed by atoms with Crippen LogP contribution in [0.2, 0.25) is 0 Å². The van der Waals surface area contributed by atoms with Crippen LogP contribution >= 0.6 is 0 Å². The molecule has 0 aliphatic heterocycles. The Kier molecular flexibility index (Phi) is 11.2. The molecule has 0 aliphatic carbocycles. The van der Waals surface area contributed by atoms with Crippen LogP contribution in [-0.4, -0.2) is 37.6 Å². The topological polar surface area (TPSA) is 82.9 Å². The maximum atomic E-state index is 11.7. The fourth-order valence-corrected chi connectivity index (χ4v) is 2.73. The first-order valence-corrected chi connectivity index (χ1v) is 9.35. The fourth-order valence-electron chi connectivity index (χ4n) is 2.73. The van der Waals surface area contributed by atoms with E-state index in [2.05, 4.69) is 15.3 Å². The molecule has 0 saturated carbocycles. The molecule has 1 N–H and O–H groups in total. The third kappa shape index (κ3) is 7.85. The second kappa shape index (κ2) is 13.1. The molecule has 0 unspecified atom stereocenters. The predicted octanol–water partition coefficient (Wildman–Crippen LogP) is 2.52. The predicted molar refractivity (Wildman–Crippen MR) is 108 cm³/mol. The quantitative estimate of drug-likeness (QED) is 0.358. The van der Waals surface area contributed by atoms with Gasteiger partial charge in [0.2, 0.25) is 0 Å². The molecule has 6 heteroatoms. The van der Waals surface area contributed by atoms with Crippen molar-refractivity contribution in [1.29, 1.82) is 0 Å². The first kappa shape index (κ1) is 23.9. The standard InChI is InChI=1S/C22H29N3O2.Cu/c1-17(19-9-3-5-11-21(19)26)24-15-7-13-23-14-8-16-25-18(2)20-10-4-6-12-22(20)27;/h3-6,9-12,23,26-27H,7-8,13-16H2,1-2H3;/q;+2/p-2. The van der Waals surface area contributed by atoms with Crippen molar-refractivity contribution in [2.45, 2.75) is 26.7 Å².